The highest BCUT2D eigenvalue weighted by Crippen LogP contribution is 1.77. The third kappa shape index (κ3) is 2.45. The van der Waals surface area contributed by atoms with Crippen LogP contribution >= 0.6 is 0 Å². The minimum absolute atomic E-state index is 0.389. The molecule has 5 heteroatoms. The van der Waals surface area contributed by atoms with Crippen LogP contribution < -0.4 is 11.1 Å². The van der Waals surface area contributed by atoms with Gasteiger partial charge in [-0.05, 0) is 6.92 Å². The Labute approximate surface area is 58.2 Å². The second-order valence-electron chi connectivity index (χ2n) is 1.71. The quantitative estimate of drug-likeness (QED) is 0.424. The first-order valence-corrected chi connectivity index (χ1v) is 2.85. The summed E-state index contributed by atoms with van der Waals surface area (Å²) in [6.45, 7) is 2.08. The van der Waals surface area contributed by atoms with Crippen molar-refractivity contribution in [3.05, 3.63) is 0 Å². The molecule has 0 radical (unpaired) electrons. The summed E-state index contributed by atoms with van der Waals surface area (Å²) in [7, 11) is 0. The largest absolute Gasteiger partial charge is 0.480 e. The Kier molecular flexibility index (Phi) is 3.42. The number of hydrogen-bond acceptors (Lipinski definition) is 3. The van der Waals surface area contributed by atoms with E-state index < -0.39 is 17.9 Å². The number of likely N-dealkylation sites (N-methyl/N-ethyl adjacent to an activating group) is 1. The lowest BCUT2D eigenvalue weighted by molar-refractivity contribution is -0.142. The number of nitrogens with two attached hydrogens (primary N) is 1. The Balaban J connectivity index is 3.82. The van der Waals surface area contributed by atoms with Crippen molar-refractivity contribution >= 4 is 11.9 Å². The fraction of sp³-hybridized carbons (Fsp3) is 0.600. The number of carbonyl (C=O) groups excluding carboxylic acids is 1. The molecule has 0 saturated carbocycles. The van der Waals surface area contributed by atoms with Crippen LogP contribution in [0.15, 0.2) is 0 Å². The molecule has 0 aromatic heterocycles. The summed E-state index contributed by atoms with van der Waals surface area (Å²) in [4.78, 5) is 20.6. The predicted octanol–water partition coefficient (Wildman–Crippen LogP) is -1.47. The van der Waals surface area contributed by atoms with E-state index in [4.69, 9.17) is 10.8 Å². The molecule has 0 heterocycles. The third-order valence-corrected chi connectivity index (χ3v) is 0.900. The van der Waals surface area contributed by atoms with E-state index in [2.05, 4.69) is 5.32 Å². The van der Waals surface area contributed by atoms with Crippen LogP contribution in [0.1, 0.15) is 6.92 Å². The van der Waals surface area contributed by atoms with E-state index in [1.807, 2.05) is 0 Å². The smallest absolute Gasteiger partial charge is 0.330 e. The van der Waals surface area contributed by atoms with E-state index in [1.54, 1.807) is 6.92 Å². The minimum atomic E-state index is -1.44. The number of rotatable bonds is 3. The molecule has 0 rings (SSSR count). The average molecular weight is 146 g/mol. The first kappa shape index (κ1) is 8.90. The topological polar surface area (TPSA) is 92.4 Å². The minimum Gasteiger partial charge on any atom is -0.480 e. The standard InChI is InChI=1S/C5H10N2O3/c1-2-7-4(8)3(6)5(9)10/h3H,2,6H2,1H3,(H,7,8)(H,9,10)/t3-/m1/s1. The second kappa shape index (κ2) is 3.84. The molecule has 1 atom stereocenters. The zero-order valence-electron chi connectivity index (χ0n) is 5.63. The summed E-state index contributed by atoms with van der Waals surface area (Å²) in [5.41, 5.74) is 4.93. The van der Waals surface area contributed by atoms with Crippen LogP contribution in [0.25, 0.3) is 0 Å². The number of carboxylic acid groups (broad SMARTS) is 1. The lowest BCUT2D eigenvalue weighted by Crippen LogP contribution is -2.45. The molecule has 0 aliphatic heterocycles. The van der Waals surface area contributed by atoms with Crippen molar-refractivity contribution in [1.82, 2.24) is 5.32 Å². The summed E-state index contributed by atoms with van der Waals surface area (Å²) in [5.74, 6) is -1.97. The van der Waals surface area contributed by atoms with Gasteiger partial charge in [-0.2, -0.15) is 0 Å². The van der Waals surface area contributed by atoms with Gasteiger partial charge >= 0.3 is 5.97 Å². The Hall–Kier alpha value is -1.10. The maximum Gasteiger partial charge on any atom is 0.330 e. The van der Waals surface area contributed by atoms with Crippen LogP contribution in [0.4, 0.5) is 0 Å². The van der Waals surface area contributed by atoms with Gasteiger partial charge in [0.15, 0.2) is 6.04 Å². The second-order valence-corrected chi connectivity index (χ2v) is 1.71. The highest BCUT2D eigenvalue weighted by molar-refractivity contribution is 6.00. The van der Waals surface area contributed by atoms with Crippen LogP contribution in [-0.4, -0.2) is 29.6 Å². The van der Waals surface area contributed by atoms with Crippen molar-refractivity contribution in [3.8, 4) is 0 Å². The van der Waals surface area contributed by atoms with Gasteiger partial charge in [0.1, 0.15) is 0 Å². The Morgan fingerprint density at radius 1 is 1.70 bits per heavy atom. The molecule has 0 aromatic carbocycles. The number of aliphatic carboxylic acids is 1. The van der Waals surface area contributed by atoms with Gasteiger partial charge in [0.05, 0.1) is 0 Å². The van der Waals surface area contributed by atoms with Gasteiger partial charge in [-0.15, -0.1) is 0 Å². The fourth-order valence-electron chi connectivity index (χ4n) is 0.396. The molecule has 0 saturated heterocycles. The van der Waals surface area contributed by atoms with Crippen LogP contribution in [0.5, 0.6) is 0 Å². The van der Waals surface area contributed by atoms with Gasteiger partial charge in [-0.3, -0.25) is 4.79 Å². The van der Waals surface area contributed by atoms with E-state index in [1.165, 1.54) is 0 Å². The number of hydrogen-bond donors (Lipinski definition) is 3. The molecule has 1 amide bonds. The molecule has 58 valence electrons. The summed E-state index contributed by atoms with van der Waals surface area (Å²) in [6, 6.07) is -1.44. The maximum atomic E-state index is 10.6. The number of nitrogens with one attached hydrogen (secondary N) is 1. The highest BCUT2D eigenvalue weighted by Gasteiger charge is 2.19. The first-order valence-electron chi connectivity index (χ1n) is 2.85. The van der Waals surface area contributed by atoms with Crippen molar-refractivity contribution in [1.29, 1.82) is 0 Å². The van der Waals surface area contributed by atoms with E-state index in [0.717, 1.165) is 0 Å². The van der Waals surface area contributed by atoms with Crippen molar-refractivity contribution in [2.45, 2.75) is 13.0 Å². The zero-order chi connectivity index (χ0) is 8.15. The molecule has 0 aromatic rings. The lowest BCUT2D eigenvalue weighted by atomic mass is 10.3. The Bertz CT molecular complexity index is 146. The van der Waals surface area contributed by atoms with Gasteiger partial charge in [-0.1, -0.05) is 0 Å². The highest BCUT2D eigenvalue weighted by atomic mass is 16.4. The van der Waals surface area contributed by atoms with Gasteiger partial charge < -0.3 is 16.2 Å². The van der Waals surface area contributed by atoms with Gasteiger partial charge in [0.25, 0.3) is 0 Å². The Morgan fingerprint density at radius 2 is 2.20 bits per heavy atom. The lowest BCUT2D eigenvalue weighted by Gasteiger charge is -2.04. The van der Waals surface area contributed by atoms with Crippen LogP contribution in [0.3, 0.4) is 0 Å². The van der Waals surface area contributed by atoms with Crippen LogP contribution in [0, 0.1) is 0 Å². The molecule has 0 bridgehead atoms. The van der Waals surface area contributed by atoms with Crippen molar-refractivity contribution in [2.75, 3.05) is 6.54 Å². The van der Waals surface area contributed by atoms with Crippen molar-refractivity contribution in [2.24, 2.45) is 5.73 Å². The molecule has 4 N–H and O–H groups in total. The van der Waals surface area contributed by atoms with Gasteiger partial charge in [-0.25, -0.2) is 4.79 Å². The fourth-order valence-corrected chi connectivity index (χ4v) is 0.396. The summed E-state index contributed by atoms with van der Waals surface area (Å²) < 4.78 is 0. The molecule has 10 heavy (non-hydrogen) atoms. The summed E-state index contributed by atoms with van der Waals surface area (Å²) in [5, 5.41) is 10.5. The normalized spacial score (nSPS) is 12.2. The first-order chi connectivity index (χ1) is 4.59. The number of carbonyl (C=O) groups is 2. The third-order valence-electron chi connectivity index (χ3n) is 0.900. The molecule has 0 aliphatic carbocycles. The summed E-state index contributed by atoms with van der Waals surface area (Å²) >= 11 is 0. The monoisotopic (exact) mass is 146 g/mol. The predicted molar refractivity (Wildman–Crippen MR) is 34.3 cm³/mol. The molecule has 0 aliphatic rings. The van der Waals surface area contributed by atoms with Crippen LogP contribution in [0.2, 0.25) is 0 Å². The van der Waals surface area contributed by atoms with E-state index in [9.17, 15) is 9.59 Å². The SMILES string of the molecule is CCNC(=O)[C@@H](N)C(=O)O. The number of amides is 1. The molecule has 5 nitrogen and oxygen atoms in total. The molecular formula is C5H10N2O3. The summed E-state index contributed by atoms with van der Waals surface area (Å²) in [6.07, 6.45) is 0. The maximum absolute atomic E-state index is 10.6. The Morgan fingerprint density at radius 3 is 2.50 bits per heavy atom. The average Bonchev–Trinajstić information content (AvgIpc) is 1.87. The molecule has 0 spiro atoms. The van der Waals surface area contributed by atoms with Crippen LogP contribution in [-0.2, 0) is 9.59 Å². The zero-order valence-corrected chi connectivity index (χ0v) is 5.63. The molecule has 0 fully saturated rings. The van der Waals surface area contributed by atoms with Crippen molar-refractivity contribution < 1.29 is 14.7 Å². The molecular weight excluding hydrogens is 136 g/mol. The van der Waals surface area contributed by atoms with Gasteiger partial charge in [0.2, 0.25) is 5.91 Å². The van der Waals surface area contributed by atoms with E-state index in [0.29, 0.717) is 6.54 Å². The molecule has 0 unspecified atom stereocenters. The van der Waals surface area contributed by atoms with E-state index in [-0.39, 0.29) is 0 Å². The van der Waals surface area contributed by atoms with E-state index >= 15 is 0 Å². The number of carboxylic acids is 1. The van der Waals surface area contributed by atoms with Crippen molar-refractivity contribution in [3.63, 3.8) is 0 Å². The van der Waals surface area contributed by atoms with Gasteiger partial charge in [0, 0.05) is 6.54 Å².